The van der Waals surface area contributed by atoms with Gasteiger partial charge in [0.25, 0.3) is 0 Å². The summed E-state index contributed by atoms with van der Waals surface area (Å²) in [5, 5.41) is 0. The average Bonchev–Trinajstić information content (AvgIpc) is 2.40. The summed E-state index contributed by atoms with van der Waals surface area (Å²) in [4.78, 5) is 0. The molecule has 0 N–H and O–H groups in total. The molecule has 0 saturated carbocycles. The highest BCUT2D eigenvalue weighted by atomic mass is 16.5. The molecule has 0 radical (unpaired) electrons. The van der Waals surface area contributed by atoms with E-state index < -0.39 is 0 Å². The quantitative estimate of drug-likeness (QED) is 0.746. The van der Waals surface area contributed by atoms with Gasteiger partial charge in [-0.15, -0.1) is 0 Å². The summed E-state index contributed by atoms with van der Waals surface area (Å²) in [6.07, 6.45) is 0. The number of benzene rings is 2. The highest BCUT2D eigenvalue weighted by Gasteiger charge is 1.94. The summed E-state index contributed by atoms with van der Waals surface area (Å²) in [6.45, 7) is 6.69. The monoisotopic (exact) mass is 228 g/mol. The van der Waals surface area contributed by atoms with Crippen molar-refractivity contribution in [3.63, 3.8) is 0 Å². The molecule has 2 aromatic carbocycles. The van der Waals surface area contributed by atoms with E-state index in [0.717, 1.165) is 5.75 Å². The van der Waals surface area contributed by atoms with Crippen molar-refractivity contribution < 1.29 is 4.74 Å². The molecule has 0 saturated heterocycles. The third kappa shape index (κ3) is 4.73. The van der Waals surface area contributed by atoms with Crippen molar-refractivity contribution in [3.8, 4) is 5.75 Å². The lowest BCUT2D eigenvalue weighted by atomic mass is 10.2. The second kappa shape index (κ2) is 7.50. The van der Waals surface area contributed by atoms with Crippen LogP contribution >= 0.6 is 0 Å². The third-order valence-corrected chi connectivity index (χ3v) is 2.24. The summed E-state index contributed by atoms with van der Waals surface area (Å²) in [7, 11) is 0. The van der Waals surface area contributed by atoms with Crippen molar-refractivity contribution in [2.75, 3.05) is 0 Å². The molecule has 0 aliphatic heterocycles. The van der Waals surface area contributed by atoms with Crippen molar-refractivity contribution in [1.82, 2.24) is 0 Å². The van der Waals surface area contributed by atoms with Crippen LogP contribution in [0.25, 0.3) is 0 Å². The molecular formula is C16H20O. The predicted octanol–water partition coefficient (Wildman–Crippen LogP) is 4.60. The van der Waals surface area contributed by atoms with Crippen LogP contribution in [0.3, 0.4) is 0 Å². The van der Waals surface area contributed by atoms with Crippen molar-refractivity contribution in [2.24, 2.45) is 0 Å². The van der Waals surface area contributed by atoms with Crippen LogP contribution in [-0.4, -0.2) is 0 Å². The second-order valence-electron chi connectivity index (χ2n) is 3.59. The lowest BCUT2D eigenvalue weighted by molar-refractivity contribution is 0.306. The van der Waals surface area contributed by atoms with Crippen molar-refractivity contribution in [3.05, 3.63) is 65.7 Å². The number of rotatable bonds is 3. The molecule has 0 bridgehead atoms. The van der Waals surface area contributed by atoms with Gasteiger partial charge in [0.2, 0.25) is 0 Å². The summed E-state index contributed by atoms with van der Waals surface area (Å²) in [5.41, 5.74) is 2.42. The molecule has 0 amide bonds. The van der Waals surface area contributed by atoms with E-state index in [1.54, 1.807) is 0 Å². The van der Waals surface area contributed by atoms with E-state index in [9.17, 15) is 0 Å². The molecule has 0 aliphatic carbocycles. The minimum Gasteiger partial charge on any atom is -0.489 e. The fourth-order valence-electron chi connectivity index (χ4n) is 1.45. The Balaban J connectivity index is 0.000000686. The molecule has 0 fully saturated rings. The Hall–Kier alpha value is -1.76. The van der Waals surface area contributed by atoms with Gasteiger partial charge in [0.05, 0.1) is 0 Å². The summed E-state index contributed by atoms with van der Waals surface area (Å²) < 4.78 is 5.67. The predicted molar refractivity (Wildman–Crippen MR) is 73.3 cm³/mol. The van der Waals surface area contributed by atoms with Gasteiger partial charge in [-0.05, 0) is 30.2 Å². The van der Waals surface area contributed by atoms with E-state index >= 15 is 0 Å². The Morgan fingerprint density at radius 3 is 2.24 bits per heavy atom. The standard InChI is InChI=1S/C14H14O.C2H6/c1-12-6-5-9-14(10-12)15-11-13-7-3-2-4-8-13;1-2/h2-10H,11H2,1H3;1-2H3. The van der Waals surface area contributed by atoms with Crippen LogP contribution in [0.2, 0.25) is 0 Å². The van der Waals surface area contributed by atoms with Gasteiger partial charge in [-0.2, -0.15) is 0 Å². The molecule has 0 aromatic heterocycles. The second-order valence-corrected chi connectivity index (χ2v) is 3.59. The van der Waals surface area contributed by atoms with Gasteiger partial charge in [-0.3, -0.25) is 0 Å². The third-order valence-electron chi connectivity index (χ3n) is 2.24. The summed E-state index contributed by atoms with van der Waals surface area (Å²) in [6, 6.07) is 18.3. The van der Waals surface area contributed by atoms with E-state index in [4.69, 9.17) is 4.74 Å². The minimum atomic E-state index is 0.629. The smallest absolute Gasteiger partial charge is 0.120 e. The van der Waals surface area contributed by atoms with Crippen LogP contribution < -0.4 is 4.74 Å². The molecular weight excluding hydrogens is 208 g/mol. The molecule has 0 unspecified atom stereocenters. The van der Waals surface area contributed by atoms with Crippen LogP contribution in [-0.2, 0) is 6.61 Å². The first kappa shape index (κ1) is 13.3. The summed E-state index contributed by atoms with van der Waals surface area (Å²) in [5.74, 6) is 0.929. The van der Waals surface area contributed by atoms with Crippen molar-refractivity contribution in [1.29, 1.82) is 0 Å². The molecule has 17 heavy (non-hydrogen) atoms. The van der Waals surface area contributed by atoms with E-state index in [0.29, 0.717) is 6.61 Å². The maximum Gasteiger partial charge on any atom is 0.120 e. The Bertz CT molecular complexity index is 421. The first-order chi connectivity index (χ1) is 8.34. The molecule has 1 heteroatoms. The van der Waals surface area contributed by atoms with E-state index in [1.807, 2.05) is 50.2 Å². The maximum absolute atomic E-state index is 5.67. The number of hydrogen-bond donors (Lipinski definition) is 0. The lowest BCUT2D eigenvalue weighted by Crippen LogP contribution is -1.94. The highest BCUT2D eigenvalue weighted by Crippen LogP contribution is 2.14. The first-order valence-corrected chi connectivity index (χ1v) is 6.08. The Morgan fingerprint density at radius 2 is 1.59 bits per heavy atom. The number of hydrogen-bond acceptors (Lipinski definition) is 1. The Morgan fingerprint density at radius 1 is 0.882 bits per heavy atom. The number of ether oxygens (including phenoxy) is 1. The molecule has 0 aliphatic rings. The molecule has 1 nitrogen and oxygen atoms in total. The molecule has 2 rings (SSSR count). The van der Waals surface area contributed by atoms with Crippen LogP contribution in [0, 0.1) is 6.92 Å². The van der Waals surface area contributed by atoms with Gasteiger partial charge >= 0.3 is 0 Å². The molecule has 2 aromatic rings. The van der Waals surface area contributed by atoms with Gasteiger partial charge in [0.15, 0.2) is 0 Å². The summed E-state index contributed by atoms with van der Waals surface area (Å²) >= 11 is 0. The van der Waals surface area contributed by atoms with Gasteiger partial charge in [-0.1, -0.05) is 56.3 Å². The lowest BCUT2D eigenvalue weighted by Gasteiger charge is -2.06. The topological polar surface area (TPSA) is 9.23 Å². The van der Waals surface area contributed by atoms with Crippen molar-refractivity contribution in [2.45, 2.75) is 27.4 Å². The fraction of sp³-hybridized carbons (Fsp3) is 0.250. The fourth-order valence-corrected chi connectivity index (χ4v) is 1.45. The number of aryl methyl sites for hydroxylation is 1. The largest absolute Gasteiger partial charge is 0.489 e. The SMILES string of the molecule is CC.Cc1cccc(OCc2ccccc2)c1. The molecule has 90 valence electrons. The van der Waals surface area contributed by atoms with Crippen molar-refractivity contribution >= 4 is 0 Å². The van der Waals surface area contributed by atoms with Gasteiger partial charge < -0.3 is 4.74 Å². The molecule has 0 atom stereocenters. The van der Waals surface area contributed by atoms with E-state index in [1.165, 1.54) is 11.1 Å². The zero-order valence-electron chi connectivity index (χ0n) is 10.8. The zero-order valence-corrected chi connectivity index (χ0v) is 10.8. The normalized spacial score (nSPS) is 9.12. The zero-order chi connectivity index (χ0) is 12.5. The van der Waals surface area contributed by atoms with Gasteiger partial charge in [0.1, 0.15) is 12.4 Å². The van der Waals surface area contributed by atoms with Gasteiger partial charge in [-0.25, -0.2) is 0 Å². The highest BCUT2D eigenvalue weighted by molar-refractivity contribution is 5.27. The van der Waals surface area contributed by atoms with Crippen LogP contribution in [0.15, 0.2) is 54.6 Å². The Labute approximate surface area is 104 Å². The van der Waals surface area contributed by atoms with Gasteiger partial charge in [0, 0.05) is 0 Å². The minimum absolute atomic E-state index is 0.629. The maximum atomic E-state index is 5.67. The molecule has 0 spiro atoms. The van der Waals surface area contributed by atoms with Crippen LogP contribution in [0.1, 0.15) is 25.0 Å². The van der Waals surface area contributed by atoms with E-state index in [-0.39, 0.29) is 0 Å². The van der Waals surface area contributed by atoms with Crippen LogP contribution in [0.5, 0.6) is 5.75 Å². The first-order valence-electron chi connectivity index (χ1n) is 6.08. The molecule has 0 heterocycles. The average molecular weight is 228 g/mol. The Kier molecular flexibility index (Phi) is 5.87. The van der Waals surface area contributed by atoms with Crippen LogP contribution in [0.4, 0.5) is 0 Å². The van der Waals surface area contributed by atoms with E-state index in [2.05, 4.69) is 25.1 Å².